The maximum Gasteiger partial charge on any atom is 0.267 e. The average molecular weight is 485 g/mol. The van der Waals surface area contributed by atoms with Crippen molar-refractivity contribution in [2.45, 2.75) is 37.7 Å². The fourth-order valence-electron chi connectivity index (χ4n) is 3.85. The van der Waals surface area contributed by atoms with Gasteiger partial charge in [-0.2, -0.15) is 0 Å². The number of nitrogens with zero attached hydrogens (tertiary/aromatic N) is 1. The van der Waals surface area contributed by atoms with E-state index in [1.54, 1.807) is 24.3 Å². The number of para-hydroxylation sites is 3. The van der Waals surface area contributed by atoms with E-state index >= 15 is 0 Å². The van der Waals surface area contributed by atoms with Crippen LogP contribution in [0.25, 0.3) is 0 Å². The van der Waals surface area contributed by atoms with E-state index in [1.165, 1.54) is 28.6 Å². The molecule has 1 unspecified atom stereocenters. The van der Waals surface area contributed by atoms with Gasteiger partial charge in [0.2, 0.25) is 0 Å². The lowest BCUT2D eigenvalue weighted by atomic mass is 9.98. The SMILES string of the molecule is Cc1cccc(C(C)C)c1NC(=O)C1CN(S(=O)(=O)c2ccc(Cl)cc2)c2ccccc2O1. The van der Waals surface area contributed by atoms with E-state index in [-0.39, 0.29) is 17.4 Å². The molecule has 0 bridgehead atoms. The molecule has 0 fully saturated rings. The normalized spacial score (nSPS) is 15.7. The second-order valence-corrected chi connectivity index (χ2v) is 10.5. The van der Waals surface area contributed by atoms with Gasteiger partial charge in [-0.05, 0) is 60.4 Å². The Morgan fingerprint density at radius 2 is 1.76 bits per heavy atom. The Kier molecular flexibility index (Phi) is 6.36. The van der Waals surface area contributed by atoms with Gasteiger partial charge in [-0.1, -0.05) is 55.8 Å². The van der Waals surface area contributed by atoms with E-state index < -0.39 is 22.0 Å². The van der Waals surface area contributed by atoms with Crippen LogP contribution >= 0.6 is 11.6 Å². The zero-order chi connectivity index (χ0) is 23.8. The minimum Gasteiger partial charge on any atom is -0.476 e. The Morgan fingerprint density at radius 1 is 1.06 bits per heavy atom. The van der Waals surface area contributed by atoms with Gasteiger partial charge in [-0.25, -0.2) is 8.42 Å². The van der Waals surface area contributed by atoms with Gasteiger partial charge in [0.15, 0.2) is 6.10 Å². The molecule has 1 aliphatic rings. The smallest absolute Gasteiger partial charge is 0.267 e. The number of halogens is 1. The number of sulfonamides is 1. The lowest BCUT2D eigenvalue weighted by molar-refractivity contribution is -0.122. The second kappa shape index (κ2) is 9.08. The molecular formula is C25H25ClN2O4S. The molecule has 0 aliphatic carbocycles. The number of amides is 1. The highest BCUT2D eigenvalue weighted by Gasteiger charge is 2.37. The van der Waals surface area contributed by atoms with Crippen LogP contribution in [-0.2, 0) is 14.8 Å². The van der Waals surface area contributed by atoms with E-state index in [1.807, 2.05) is 25.1 Å². The number of hydrogen-bond donors (Lipinski definition) is 1. The molecule has 8 heteroatoms. The molecule has 33 heavy (non-hydrogen) atoms. The monoisotopic (exact) mass is 484 g/mol. The van der Waals surface area contributed by atoms with E-state index in [0.29, 0.717) is 16.5 Å². The Labute approximate surface area is 199 Å². The third kappa shape index (κ3) is 4.56. The summed E-state index contributed by atoms with van der Waals surface area (Å²) < 4.78 is 34.1. The minimum absolute atomic E-state index is 0.0868. The van der Waals surface area contributed by atoms with Crippen molar-refractivity contribution in [2.24, 2.45) is 0 Å². The number of carbonyl (C=O) groups is 1. The molecule has 1 heterocycles. The van der Waals surface area contributed by atoms with Crippen molar-refractivity contribution in [1.29, 1.82) is 0 Å². The van der Waals surface area contributed by atoms with Crippen molar-refractivity contribution in [3.8, 4) is 5.75 Å². The van der Waals surface area contributed by atoms with Crippen LogP contribution in [0.15, 0.2) is 71.6 Å². The molecule has 3 aromatic carbocycles. The standard InChI is InChI=1S/C25H25ClN2O4S/c1-16(2)20-8-6-7-17(3)24(20)27-25(29)23-15-28(21-9-4-5-10-22(21)32-23)33(30,31)19-13-11-18(26)12-14-19/h4-14,16,23H,15H2,1-3H3,(H,27,29). The third-order valence-corrected chi connectivity index (χ3v) is 7.65. The highest BCUT2D eigenvalue weighted by Crippen LogP contribution is 2.37. The number of rotatable bonds is 5. The maximum atomic E-state index is 13.5. The first kappa shape index (κ1) is 23.1. The molecule has 3 aromatic rings. The first-order valence-corrected chi connectivity index (χ1v) is 12.4. The number of carbonyl (C=O) groups excluding carboxylic acids is 1. The Hall–Kier alpha value is -3.03. The molecule has 6 nitrogen and oxygen atoms in total. The summed E-state index contributed by atoms with van der Waals surface area (Å²) in [6, 6.07) is 18.6. The molecule has 0 saturated heterocycles. The Bertz CT molecular complexity index is 1290. The lowest BCUT2D eigenvalue weighted by Gasteiger charge is -2.35. The van der Waals surface area contributed by atoms with Crippen LogP contribution in [0.1, 0.15) is 30.9 Å². The van der Waals surface area contributed by atoms with Crippen LogP contribution in [0.2, 0.25) is 5.02 Å². The van der Waals surface area contributed by atoms with Crippen LogP contribution in [0.3, 0.4) is 0 Å². The summed E-state index contributed by atoms with van der Waals surface area (Å²) in [6.45, 7) is 5.88. The van der Waals surface area contributed by atoms with Crippen molar-refractivity contribution in [1.82, 2.24) is 0 Å². The molecule has 1 N–H and O–H groups in total. The first-order valence-electron chi connectivity index (χ1n) is 10.6. The maximum absolute atomic E-state index is 13.5. The summed E-state index contributed by atoms with van der Waals surface area (Å²) in [5, 5.41) is 3.41. The van der Waals surface area contributed by atoms with Gasteiger partial charge in [-0.3, -0.25) is 9.10 Å². The van der Waals surface area contributed by atoms with Gasteiger partial charge in [0.25, 0.3) is 15.9 Å². The predicted molar refractivity (Wildman–Crippen MR) is 131 cm³/mol. The zero-order valence-electron chi connectivity index (χ0n) is 18.6. The predicted octanol–water partition coefficient (Wildman–Crippen LogP) is 5.37. The summed E-state index contributed by atoms with van der Waals surface area (Å²) in [5.74, 6) is 0.127. The fraction of sp³-hybridized carbons (Fsp3) is 0.240. The van der Waals surface area contributed by atoms with Gasteiger partial charge in [0, 0.05) is 10.7 Å². The van der Waals surface area contributed by atoms with Crippen LogP contribution in [0.4, 0.5) is 11.4 Å². The Balaban J connectivity index is 1.69. The summed E-state index contributed by atoms with van der Waals surface area (Å²) >= 11 is 5.94. The third-order valence-electron chi connectivity index (χ3n) is 5.60. The minimum atomic E-state index is -3.95. The molecule has 1 amide bonds. The van der Waals surface area contributed by atoms with Crippen LogP contribution in [-0.4, -0.2) is 27.0 Å². The summed E-state index contributed by atoms with van der Waals surface area (Å²) in [6.07, 6.45) is -1.03. The highest BCUT2D eigenvalue weighted by molar-refractivity contribution is 7.92. The van der Waals surface area contributed by atoms with Crippen LogP contribution in [0, 0.1) is 6.92 Å². The molecule has 1 atom stereocenters. The van der Waals surface area contributed by atoms with E-state index in [4.69, 9.17) is 16.3 Å². The largest absolute Gasteiger partial charge is 0.476 e. The Morgan fingerprint density at radius 3 is 2.45 bits per heavy atom. The molecule has 1 aliphatic heterocycles. The van der Waals surface area contributed by atoms with Crippen LogP contribution in [0.5, 0.6) is 5.75 Å². The second-order valence-electron chi connectivity index (χ2n) is 8.25. The topological polar surface area (TPSA) is 75.7 Å². The van der Waals surface area contributed by atoms with Gasteiger partial charge in [0.05, 0.1) is 17.1 Å². The number of ether oxygens (including phenoxy) is 1. The molecule has 0 spiro atoms. The van der Waals surface area contributed by atoms with Gasteiger partial charge in [0.1, 0.15) is 5.75 Å². The van der Waals surface area contributed by atoms with Gasteiger partial charge >= 0.3 is 0 Å². The van der Waals surface area contributed by atoms with E-state index in [0.717, 1.165) is 16.8 Å². The van der Waals surface area contributed by atoms with E-state index in [9.17, 15) is 13.2 Å². The number of hydrogen-bond acceptors (Lipinski definition) is 4. The number of fused-ring (bicyclic) bond motifs is 1. The van der Waals surface area contributed by atoms with Crippen molar-refractivity contribution < 1.29 is 17.9 Å². The van der Waals surface area contributed by atoms with E-state index in [2.05, 4.69) is 19.2 Å². The molecule has 0 aromatic heterocycles. The molecular weight excluding hydrogens is 460 g/mol. The lowest BCUT2D eigenvalue weighted by Crippen LogP contribution is -2.49. The summed E-state index contributed by atoms with van der Waals surface area (Å²) in [5.41, 5.74) is 3.05. The molecule has 0 radical (unpaired) electrons. The number of anilines is 2. The quantitative estimate of drug-likeness (QED) is 0.528. The fourth-order valence-corrected chi connectivity index (χ4v) is 5.45. The molecule has 172 valence electrons. The van der Waals surface area contributed by atoms with Gasteiger partial charge < -0.3 is 10.1 Å². The zero-order valence-corrected chi connectivity index (χ0v) is 20.2. The summed E-state index contributed by atoms with van der Waals surface area (Å²) in [4.78, 5) is 13.4. The van der Waals surface area contributed by atoms with Crippen molar-refractivity contribution in [3.63, 3.8) is 0 Å². The average Bonchev–Trinajstić information content (AvgIpc) is 2.79. The molecule has 4 rings (SSSR count). The highest BCUT2D eigenvalue weighted by atomic mass is 35.5. The van der Waals surface area contributed by atoms with Gasteiger partial charge in [-0.15, -0.1) is 0 Å². The van der Waals surface area contributed by atoms with Crippen molar-refractivity contribution in [3.05, 3.63) is 82.9 Å². The molecule has 0 saturated carbocycles. The number of aryl methyl sites for hydroxylation is 1. The number of nitrogens with one attached hydrogen (secondary N) is 1. The van der Waals surface area contributed by atoms with Crippen LogP contribution < -0.4 is 14.4 Å². The summed E-state index contributed by atoms with van der Waals surface area (Å²) in [7, 11) is -3.95. The number of benzene rings is 3. The van der Waals surface area contributed by atoms with Crippen molar-refractivity contribution >= 4 is 38.9 Å². The first-order chi connectivity index (χ1) is 15.7. The van der Waals surface area contributed by atoms with Crippen molar-refractivity contribution in [2.75, 3.05) is 16.2 Å².